The summed E-state index contributed by atoms with van der Waals surface area (Å²) in [6, 6.07) is 8.12. The Hall–Kier alpha value is -1.91. The van der Waals surface area contributed by atoms with Crippen LogP contribution >= 0.6 is 0 Å². The summed E-state index contributed by atoms with van der Waals surface area (Å²) in [4.78, 5) is 3.63. The molecule has 0 aliphatic rings. The highest BCUT2D eigenvalue weighted by atomic mass is 19.4. The predicted molar refractivity (Wildman–Crippen MR) is 53.5 cm³/mol. The Balaban J connectivity index is 2.65. The molecule has 0 atom stereocenters. The van der Waals surface area contributed by atoms with Gasteiger partial charge >= 0.3 is 6.18 Å². The van der Waals surface area contributed by atoms with E-state index in [2.05, 4.69) is 11.1 Å². The van der Waals surface area contributed by atoms with Gasteiger partial charge in [-0.2, -0.15) is 13.2 Å². The Bertz CT molecular complexity index is 534. The maximum absolute atomic E-state index is 13.4. The van der Waals surface area contributed by atoms with Crippen molar-refractivity contribution in [2.45, 2.75) is 6.18 Å². The van der Waals surface area contributed by atoms with Crippen molar-refractivity contribution in [1.29, 1.82) is 0 Å². The summed E-state index contributed by atoms with van der Waals surface area (Å²) in [5.74, 6) is -0.794. The van der Waals surface area contributed by atoms with Crippen LogP contribution in [0.3, 0.4) is 0 Å². The number of alkyl halides is 3. The Kier molecular flexibility index (Phi) is 2.83. The van der Waals surface area contributed by atoms with E-state index in [1.807, 2.05) is 0 Å². The fraction of sp³-hybridized carbons (Fsp3) is 0.0833. The van der Waals surface area contributed by atoms with Gasteiger partial charge in [0.1, 0.15) is 11.5 Å². The number of aromatic nitrogens is 1. The molecule has 0 aliphatic carbocycles. The molecule has 1 radical (unpaired) electrons. The molecule has 0 saturated carbocycles. The van der Waals surface area contributed by atoms with Crippen LogP contribution < -0.4 is 0 Å². The highest BCUT2D eigenvalue weighted by molar-refractivity contribution is 5.64. The van der Waals surface area contributed by atoms with Crippen molar-refractivity contribution in [3.8, 4) is 11.3 Å². The van der Waals surface area contributed by atoms with E-state index < -0.39 is 17.6 Å². The van der Waals surface area contributed by atoms with E-state index in [4.69, 9.17) is 0 Å². The van der Waals surface area contributed by atoms with Gasteiger partial charge in [0.25, 0.3) is 0 Å². The highest BCUT2D eigenvalue weighted by Gasteiger charge is 2.34. The third-order valence-electron chi connectivity index (χ3n) is 2.15. The molecule has 0 amide bonds. The summed E-state index contributed by atoms with van der Waals surface area (Å²) in [5, 5.41) is 0. The monoisotopic (exact) mass is 240 g/mol. The van der Waals surface area contributed by atoms with Gasteiger partial charge in [0.05, 0.1) is 5.56 Å². The van der Waals surface area contributed by atoms with Crippen LogP contribution in [0.1, 0.15) is 5.56 Å². The lowest BCUT2D eigenvalue weighted by Gasteiger charge is -2.11. The van der Waals surface area contributed by atoms with E-state index in [-0.39, 0.29) is 11.3 Å². The lowest BCUT2D eigenvalue weighted by atomic mass is 10.0. The maximum Gasteiger partial charge on any atom is 0.417 e. The number of pyridine rings is 1. The maximum atomic E-state index is 13.4. The summed E-state index contributed by atoms with van der Waals surface area (Å²) in [5.41, 5.74) is -1.65. The standard InChI is InChI=1S/C12H6F4N/c13-10-6-3-7-17-11(10)8-4-1-2-5-9(8)12(14,15)16/h1-4,6-7H. The highest BCUT2D eigenvalue weighted by Crippen LogP contribution is 2.36. The van der Waals surface area contributed by atoms with Gasteiger partial charge in [-0.15, -0.1) is 0 Å². The minimum atomic E-state index is -4.58. The second-order valence-corrected chi connectivity index (χ2v) is 3.29. The van der Waals surface area contributed by atoms with Crippen LogP contribution in [0.4, 0.5) is 17.6 Å². The first-order chi connectivity index (χ1) is 8.00. The Morgan fingerprint density at radius 1 is 1.12 bits per heavy atom. The fourth-order valence-corrected chi connectivity index (χ4v) is 1.45. The molecule has 0 N–H and O–H groups in total. The van der Waals surface area contributed by atoms with Crippen molar-refractivity contribution in [3.05, 3.63) is 54.0 Å². The minimum Gasteiger partial charge on any atom is -0.253 e. The molecule has 0 fully saturated rings. The average Bonchev–Trinajstić information content (AvgIpc) is 2.28. The number of halogens is 4. The summed E-state index contributed by atoms with van der Waals surface area (Å²) < 4.78 is 51.5. The van der Waals surface area contributed by atoms with Gasteiger partial charge < -0.3 is 0 Å². The summed E-state index contributed by atoms with van der Waals surface area (Å²) in [7, 11) is 0. The lowest BCUT2D eigenvalue weighted by Crippen LogP contribution is -2.08. The van der Waals surface area contributed by atoms with Crippen LogP contribution in [0.2, 0.25) is 0 Å². The molecule has 0 unspecified atom stereocenters. The zero-order valence-electron chi connectivity index (χ0n) is 8.42. The van der Waals surface area contributed by atoms with E-state index in [1.54, 1.807) is 0 Å². The van der Waals surface area contributed by atoms with Gasteiger partial charge in [0.2, 0.25) is 0 Å². The van der Waals surface area contributed by atoms with Gasteiger partial charge in [-0.05, 0) is 18.2 Å². The van der Waals surface area contributed by atoms with Crippen molar-refractivity contribution in [1.82, 2.24) is 4.98 Å². The van der Waals surface area contributed by atoms with Crippen LogP contribution in [0.25, 0.3) is 11.3 Å². The molecule has 17 heavy (non-hydrogen) atoms. The molecule has 2 aromatic rings. The van der Waals surface area contributed by atoms with E-state index >= 15 is 0 Å². The predicted octanol–water partition coefficient (Wildman–Crippen LogP) is 3.71. The van der Waals surface area contributed by atoms with Crippen molar-refractivity contribution < 1.29 is 17.6 Å². The molecule has 0 bridgehead atoms. The van der Waals surface area contributed by atoms with Gasteiger partial charge in [0.15, 0.2) is 0 Å². The van der Waals surface area contributed by atoms with Gasteiger partial charge in [-0.25, -0.2) is 4.39 Å². The number of rotatable bonds is 1. The SMILES string of the molecule is Fc1cccnc1-c1ccc[c]c1C(F)(F)F. The lowest BCUT2D eigenvalue weighted by molar-refractivity contribution is -0.137. The third-order valence-corrected chi connectivity index (χ3v) is 2.15. The van der Waals surface area contributed by atoms with Crippen LogP contribution in [0.15, 0.2) is 36.5 Å². The number of hydrogen-bond acceptors (Lipinski definition) is 1. The average molecular weight is 240 g/mol. The van der Waals surface area contributed by atoms with E-state index in [9.17, 15) is 17.6 Å². The zero-order chi connectivity index (χ0) is 12.5. The molecule has 0 aliphatic heterocycles. The molecule has 5 heteroatoms. The Labute approximate surface area is 94.7 Å². The second-order valence-electron chi connectivity index (χ2n) is 3.29. The normalized spacial score (nSPS) is 11.5. The van der Waals surface area contributed by atoms with Gasteiger partial charge in [-0.3, -0.25) is 4.98 Å². The van der Waals surface area contributed by atoms with Crippen LogP contribution in [-0.4, -0.2) is 4.98 Å². The van der Waals surface area contributed by atoms with E-state index in [0.717, 1.165) is 12.1 Å². The number of nitrogens with zero attached hydrogens (tertiary/aromatic N) is 1. The Morgan fingerprint density at radius 2 is 1.88 bits per heavy atom. The van der Waals surface area contributed by atoms with E-state index in [1.165, 1.54) is 24.4 Å². The van der Waals surface area contributed by atoms with Crippen molar-refractivity contribution >= 4 is 0 Å². The van der Waals surface area contributed by atoms with Crippen LogP contribution in [0, 0.1) is 11.9 Å². The van der Waals surface area contributed by atoms with Crippen LogP contribution in [0.5, 0.6) is 0 Å². The molecule has 1 nitrogen and oxygen atoms in total. The summed E-state index contributed by atoms with van der Waals surface area (Å²) in [6.45, 7) is 0. The van der Waals surface area contributed by atoms with Gasteiger partial charge in [0, 0.05) is 11.8 Å². The Morgan fingerprint density at radius 3 is 2.53 bits per heavy atom. The molecule has 2 rings (SSSR count). The molecule has 0 spiro atoms. The van der Waals surface area contributed by atoms with Crippen LogP contribution in [-0.2, 0) is 6.18 Å². The second kappa shape index (κ2) is 4.16. The molecule has 0 saturated heterocycles. The molecular formula is C12H6F4N. The number of hydrogen-bond donors (Lipinski definition) is 0. The molecule has 1 aromatic carbocycles. The van der Waals surface area contributed by atoms with Crippen molar-refractivity contribution in [3.63, 3.8) is 0 Å². The first-order valence-corrected chi connectivity index (χ1v) is 4.69. The molecule has 87 valence electrons. The zero-order valence-corrected chi connectivity index (χ0v) is 8.42. The summed E-state index contributed by atoms with van der Waals surface area (Å²) in [6.07, 6.45) is -3.34. The number of benzene rings is 1. The van der Waals surface area contributed by atoms with E-state index in [0.29, 0.717) is 0 Å². The first-order valence-electron chi connectivity index (χ1n) is 4.69. The van der Waals surface area contributed by atoms with Crippen molar-refractivity contribution in [2.75, 3.05) is 0 Å². The minimum absolute atomic E-state index is 0.307. The van der Waals surface area contributed by atoms with Crippen molar-refractivity contribution in [2.24, 2.45) is 0 Å². The third kappa shape index (κ3) is 2.27. The quantitative estimate of drug-likeness (QED) is 0.692. The topological polar surface area (TPSA) is 12.9 Å². The molecule has 1 heterocycles. The van der Waals surface area contributed by atoms with Gasteiger partial charge in [-0.1, -0.05) is 18.2 Å². The molecular weight excluding hydrogens is 234 g/mol. The smallest absolute Gasteiger partial charge is 0.253 e. The fourth-order valence-electron chi connectivity index (χ4n) is 1.45. The summed E-state index contributed by atoms with van der Waals surface area (Å²) >= 11 is 0. The largest absolute Gasteiger partial charge is 0.417 e. The first kappa shape index (κ1) is 11.6. The molecule has 1 aromatic heterocycles.